The highest BCUT2D eigenvalue weighted by Crippen LogP contribution is 2.31. The lowest BCUT2D eigenvalue weighted by Gasteiger charge is -2.17. The number of carbonyl (C=O) groups is 1. The summed E-state index contributed by atoms with van der Waals surface area (Å²) >= 11 is 5.66. The molecule has 0 unspecified atom stereocenters. The van der Waals surface area contributed by atoms with E-state index in [0.29, 0.717) is 10.8 Å². The van der Waals surface area contributed by atoms with Crippen LogP contribution in [-0.4, -0.2) is 27.5 Å². The van der Waals surface area contributed by atoms with Gasteiger partial charge in [0.1, 0.15) is 5.70 Å². The van der Waals surface area contributed by atoms with E-state index in [2.05, 4.69) is 54.1 Å². The van der Waals surface area contributed by atoms with Gasteiger partial charge in [-0.1, -0.05) is 54.6 Å². The lowest BCUT2D eigenvalue weighted by atomic mass is 10.1. The van der Waals surface area contributed by atoms with Crippen molar-refractivity contribution in [2.75, 3.05) is 11.9 Å². The van der Waals surface area contributed by atoms with E-state index in [1.165, 1.54) is 11.1 Å². The average Bonchev–Trinajstić information content (AvgIpc) is 3.26. The van der Waals surface area contributed by atoms with Crippen LogP contribution in [0.4, 0.5) is 5.69 Å². The molecule has 164 valence electrons. The molecule has 0 spiro atoms. The smallest absolute Gasteiger partial charge is 0.281 e. The molecule has 4 nitrogen and oxygen atoms in total. The third-order valence-corrected chi connectivity index (χ3v) is 6.77. The highest BCUT2D eigenvalue weighted by Gasteiger charge is 2.37. The van der Waals surface area contributed by atoms with E-state index in [1.54, 1.807) is 9.80 Å². The highest BCUT2D eigenvalue weighted by atomic mass is 32.1. The molecule has 0 aliphatic carbocycles. The van der Waals surface area contributed by atoms with Crippen molar-refractivity contribution in [2.45, 2.75) is 20.4 Å². The van der Waals surface area contributed by atoms with E-state index in [4.69, 9.17) is 12.2 Å². The molecule has 3 aromatic carbocycles. The Balaban J connectivity index is 1.56. The maximum Gasteiger partial charge on any atom is 0.281 e. The van der Waals surface area contributed by atoms with Crippen molar-refractivity contribution < 1.29 is 4.79 Å². The van der Waals surface area contributed by atoms with Crippen molar-refractivity contribution in [3.8, 4) is 0 Å². The number of aromatic nitrogens is 1. The number of nitrogens with zero attached hydrogens (tertiary/aromatic N) is 3. The lowest BCUT2D eigenvalue weighted by molar-refractivity contribution is -0.114. The number of anilines is 1. The molecule has 1 aromatic heterocycles. The molecule has 4 aromatic rings. The second-order valence-electron chi connectivity index (χ2n) is 8.50. The molecule has 1 aliphatic heterocycles. The maximum atomic E-state index is 13.5. The first-order valence-corrected chi connectivity index (χ1v) is 11.4. The summed E-state index contributed by atoms with van der Waals surface area (Å²) < 4.78 is 2.23. The van der Waals surface area contributed by atoms with Crippen LogP contribution in [-0.2, 0) is 11.3 Å². The molecule has 0 saturated carbocycles. The van der Waals surface area contributed by atoms with E-state index in [1.807, 2.05) is 56.4 Å². The van der Waals surface area contributed by atoms with Crippen molar-refractivity contribution in [2.24, 2.45) is 0 Å². The zero-order valence-electron chi connectivity index (χ0n) is 18.9. The van der Waals surface area contributed by atoms with Crippen LogP contribution in [0.5, 0.6) is 0 Å². The zero-order valence-corrected chi connectivity index (χ0v) is 19.8. The minimum Gasteiger partial charge on any atom is -0.342 e. The molecular formula is C28H25N3OS. The first kappa shape index (κ1) is 21.2. The second kappa shape index (κ2) is 8.34. The molecule has 0 N–H and O–H groups in total. The van der Waals surface area contributed by atoms with Gasteiger partial charge >= 0.3 is 0 Å². The number of aryl methyl sites for hydroxylation is 2. The normalized spacial score (nSPS) is 15.3. The average molecular weight is 452 g/mol. The van der Waals surface area contributed by atoms with Crippen LogP contribution in [0.2, 0.25) is 0 Å². The van der Waals surface area contributed by atoms with Gasteiger partial charge in [-0.25, -0.2) is 0 Å². The Bertz CT molecular complexity index is 1420. The Morgan fingerprint density at radius 1 is 0.909 bits per heavy atom. The molecular weight excluding hydrogens is 426 g/mol. The topological polar surface area (TPSA) is 28.5 Å². The zero-order chi connectivity index (χ0) is 23.1. The maximum absolute atomic E-state index is 13.5. The van der Waals surface area contributed by atoms with Crippen LogP contribution in [0.3, 0.4) is 0 Å². The second-order valence-corrected chi connectivity index (χ2v) is 8.86. The van der Waals surface area contributed by atoms with Gasteiger partial charge in [0.25, 0.3) is 5.91 Å². The predicted molar refractivity (Wildman–Crippen MR) is 139 cm³/mol. The molecule has 1 amide bonds. The Morgan fingerprint density at radius 3 is 2.39 bits per heavy atom. The van der Waals surface area contributed by atoms with Gasteiger partial charge in [-0.3, -0.25) is 9.69 Å². The summed E-state index contributed by atoms with van der Waals surface area (Å²) in [6.07, 6.45) is 4.08. The highest BCUT2D eigenvalue weighted by molar-refractivity contribution is 7.80. The third kappa shape index (κ3) is 3.74. The van der Waals surface area contributed by atoms with Gasteiger partial charge in [0.2, 0.25) is 0 Å². The number of likely N-dealkylation sites (N-methyl/N-ethyl adjacent to an activating group) is 1. The lowest BCUT2D eigenvalue weighted by Crippen LogP contribution is -2.31. The number of hydrogen-bond acceptors (Lipinski definition) is 2. The van der Waals surface area contributed by atoms with Crippen molar-refractivity contribution in [1.82, 2.24) is 9.47 Å². The molecule has 0 atom stereocenters. The number of benzene rings is 3. The number of fused-ring (bicyclic) bond motifs is 1. The van der Waals surface area contributed by atoms with Crippen LogP contribution in [0.1, 0.15) is 22.3 Å². The Morgan fingerprint density at radius 2 is 1.64 bits per heavy atom. The Hall–Kier alpha value is -3.70. The van der Waals surface area contributed by atoms with Crippen LogP contribution in [0.25, 0.3) is 17.0 Å². The predicted octanol–water partition coefficient (Wildman–Crippen LogP) is 5.91. The van der Waals surface area contributed by atoms with Gasteiger partial charge in [-0.2, -0.15) is 0 Å². The van der Waals surface area contributed by atoms with E-state index >= 15 is 0 Å². The molecule has 5 rings (SSSR count). The summed E-state index contributed by atoms with van der Waals surface area (Å²) in [6, 6.07) is 24.7. The van der Waals surface area contributed by atoms with Crippen LogP contribution >= 0.6 is 12.2 Å². The number of para-hydroxylation sites is 1. The number of thiocarbonyl (C=S) groups is 1. The summed E-state index contributed by atoms with van der Waals surface area (Å²) in [6.45, 7) is 4.87. The van der Waals surface area contributed by atoms with Crippen molar-refractivity contribution in [3.05, 3.63) is 107 Å². The monoisotopic (exact) mass is 451 g/mol. The summed E-state index contributed by atoms with van der Waals surface area (Å²) in [5, 5.41) is 1.60. The molecule has 0 radical (unpaired) electrons. The molecule has 0 bridgehead atoms. The van der Waals surface area contributed by atoms with Gasteiger partial charge in [0.15, 0.2) is 5.11 Å². The van der Waals surface area contributed by atoms with Gasteiger partial charge in [0.05, 0.1) is 5.69 Å². The number of amides is 1. The summed E-state index contributed by atoms with van der Waals surface area (Å²) in [7, 11) is 1.86. The van der Waals surface area contributed by atoms with Gasteiger partial charge < -0.3 is 9.47 Å². The molecule has 1 saturated heterocycles. The van der Waals surface area contributed by atoms with E-state index in [0.717, 1.165) is 34.3 Å². The Labute approximate surface area is 199 Å². The minimum absolute atomic E-state index is 0.106. The van der Waals surface area contributed by atoms with Crippen molar-refractivity contribution in [3.63, 3.8) is 0 Å². The molecule has 2 heterocycles. The summed E-state index contributed by atoms with van der Waals surface area (Å²) in [5.74, 6) is -0.106. The van der Waals surface area contributed by atoms with Gasteiger partial charge in [0, 0.05) is 36.3 Å². The summed E-state index contributed by atoms with van der Waals surface area (Å²) in [5.41, 5.74) is 7.06. The standard InChI is InChI=1S/C28H25N3OS/c1-19-13-14-23(15-20(19)2)31-27(32)26(29(3)28(31)33)16-22-18-30(17-21-9-5-4-6-10-21)25-12-8-7-11-24(22)25/h4-16,18H,17H2,1-3H3/b26-16-. The van der Waals surface area contributed by atoms with E-state index in [9.17, 15) is 4.79 Å². The van der Waals surface area contributed by atoms with Crippen molar-refractivity contribution >= 4 is 45.9 Å². The third-order valence-electron chi connectivity index (χ3n) is 6.32. The molecule has 1 fully saturated rings. The molecule has 33 heavy (non-hydrogen) atoms. The Kier molecular flexibility index (Phi) is 5.35. The number of rotatable bonds is 4. The van der Waals surface area contributed by atoms with Crippen molar-refractivity contribution in [1.29, 1.82) is 0 Å². The first-order chi connectivity index (χ1) is 15.9. The minimum atomic E-state index is -0.106. The fourth-order valence-electron chi connectivity index (χ4n) is 4.30. The fourth-order valence-corrected chi connectivity index (χ4v) is 4.58. The van der Waals surface area contributed by atoms with Gasteiger partial charge in [-0.05, 0) is 67.0 Å². The number of carbonyl (C=O) groups excluding carboxylic acids is 1. The van der Waals surface area contributed by atoms with E-state index in [-0.39, 0.29) is 5.91 Å². The SMILES string of the molecule is Cc1ccc(N2C(=O)/C(=C/c3cn(Cc4ccccc4)c4ccccc34)N(C)C2=S)cc1C. The fraction of sp³-hybridized carbons (Fsp3) is 0.143. The molecule has 1 aliphatic rings. The van der Waals surface area contributed by atoms with E-state index < -0.39 is 0 Å². The summed E-state index contributed by atoms with van der Waals surface area (Å²) in [4.78, 5) is 16.9. The number of hydrogen-bond donors (Lipinski definition) is 0. The molecule has 5 heteroatoms. The van der Waals surface area contributed by atoms with Crippen LogP contribution < -0.4 is 4.90 Å². The van der Waals surface area contributed by atoms with Crippen LogP contribution in [0, 0.1) is 13.8 Å². The quantitative estimate of drug-likeness (QED) is 0.285. The van der Waals surface area contributed by atoms with Gasteiger partial charge in [-0.15, -0.1) is 0 Å². The largest absolute Gasteiger partial charge is 0.342 e. The first-order valence-electron chi connectivity index (χ1n) is 11.0. The van der Waals surface area contributed by atoms with Crippen LogP contribution in [0.15, 0.2) is 84.7 Å².